The normalized spacial score (nSPS) is 10.8. The molecule has 0 unspecified atom stereocenters. The average Bonchev–Trinajstić information content (AvgIpc) is 3.40. The number of aromatic nitrogens is 4. The Morgan fingerprint density at radius 2 is 2.10 bits per heavy atom. The van der Waals surface area contributed by atoms with Crippen LogP contribution in [0.3, 0.4) is 0 Å². The minimum atomic E-state index is -0.183. The molecule has 0 spiro atoms. The first-order valence-corrected chi connectivity index (χ1v) is 10.7. The standard InChI is InChI=1S/C20H17N5O2S2/c1-13-9-15(25-27-13)11-29-20-16(3-2-6-22-20)19(26)23-10-18-24-17(12-28-18)14-4-7-21-8-5-14/h2-9,12H,10-11H2,1H3,(H,23,26). The number of rotatable bonds is 7. The van der Waals surface area contributed by atoms with Crippen molar-refractivity contribution in [2.24, 2.45) is 0 Å². The zero-order valence-corrected chi connectivity index (χ0v) is 17.2. The quantitative estimate of drug-likeness (QED) is 0.447. The van der Waals surface area contributed by atoms with Crippen LogP contribution in [0.2, 0.25) is 0 Å². The smallest absolute Gasteiger partial charge is 0.254 e. The summed E-state index contributed by atoms with van der Waals surface area (Å²) < 4.78 is 5.08. The van der Waals surface area contributed by atoms with Crippen LogP contribution in [0.1, 0.15) is 26.8 Å². The number of thiazole rings is 1. The van der Waals surface area contributed by atoms with E-state index in [1.165, 1.54) is 23.1 Å². The lowest BCUT2D eigenvalue weighted by atomic mass is 10.2. The predicted molar refractivity (Wildman–Crippen MR) is 112 cm³/mol. The van der Waals surface area contributed by atoms with Crippen molar-refractivity contribution >= 4 is 29.0 Å². The van der Waals surface area contributed by atoms with Gasteiger partial charge in [-0.25, -0.2) is 9.97 Å². The Bertz CT molecular complexity index is 1110. The van der Waals surface area contributed by atoms with Gasteiger partial charge in [-0.15, -0.1) is 11.3 Å². The summed E-state index contributed by atoms with van der Waals surface area (Å²) in [5.74, 6) is 1.16. The molecule has 0 bridgehead atoms. The van der Waals surface area contributed by atoms with Gasteiger partial charge >= 0.3 is 0 Å². The Hall–Kier alpha value is -3.04. The number of amides is 1. The van der Waals surface area contributed by atoms with Crippen LogP contribution >= 0.6 is 23.1 Å². The molecule has 0 atom stereocenters. The summed E-state index contributed by atoms with van der Waals surface area (Å²) in [6.07, 6.45) is 5.14. The van der Waals surface area contributed by atoms with Crippen molar-refractivity contribution in [1.82, 2.24) is 25.4 Å². The van der Waals surface area contributed by atoms with Crippen molar-refractivity contribution in [2.75, 3.05) is 0 Å². The first-order valence-electron chi connectivity index (χ1n) is 8.82. The molecule has 0 aliphatic heterocycles. The van der Waals surface area contributed by atoms with Crippen LogP contribution in [0.15, 0.2) is 63.9 Å². The van der Waals surface area contributed by atoms with E-state index in [2.05, 4.69) is 25.4 Å². The molecule has 4 rings (SSSR count). The average molecular weight is 424 g/mol. The molecule has 29 heavy (non-hydrogen) atoms. The van der Waals surface area contributed by atoms with Crippen LogP contribution < -0.4 is 5.32 Å². The molecular formula is C20H17N5O2S2. The van der Waals surface area contributed by atoms with Crippen LogP contribution in [0, 0.1) is 6.92 Å². The molecule has 4 aromatic rings. The molecular weight excluding hydrogens is 406 g/mol. The summed E-state index contributed by atoms with van der Waals surface area (Å²) in [5.41, 5.74) is 3.23. The molecule has 1 N–H and O–H groups in total. The number of carbonyl (C=O) groups is 1. The summed E-state index contributed by atoms with van der Waals surface area (Å²) in [7, 11) is 0. The van der Waals surface area contributed by atoms with Gasteiger partial charge in [0.25, 0.3) is 5.91 Å². The van der Waals surface area contributed by atoms with Gasteiger partial charge in [0.15, 0.2) is 0 Å². The minimum Gasteiger partial charge on any atom is -0.361 e. The molecule has 0 fully saturated rings. The minimum absolute atomic E-state index is 0.183. The lowest BCUT2D eigenvalue weighted by Crippen LogP contribution is -2.23. The number of nitrogens with zero attached hydrogens (tertiary/aromatic N) is 4. The SMILES string of the molecule is Cc1cc(CSc2ncccc2C(=O)NCc2nc(-c3ccncc3)cs2)no1. The number of nitrogens with one attached hydrogen (secondary N) is 1. The van der Waals surface area contributed by atoms with Crippen molar-refractivity contribution in [3.05, 3.63) is 76.3 Å². The molecule has 1 amide bonds. The fraction of sp³-hybridized carbons (Fsp3) is 0.150. The second-order valence-electron chi connectivity index (χ2n) is 6.12. The highest BCUT2D eigenvalue weighted by atomic mass is 32.2. The second-order valence-corrected chi connectivity index (χ2v) is 8.03. The summed E-state index contributed by atoms with van der Waals surface area (Å²) >= 11 is 2.96. The van der Waals surface area contributed by atoms with Crippen molar-refractivity contribution in [3.63, 3.8) is 0 Å². The number of hydrogen-bond acceptors (Lipinski definition) is 8. The summed E-state index contributed by atoms with van der Waals surface area (Å²) in [6, 6.07) is 9.21. The van der Waals surface area contributed by atoms with Crippen LogP contribution in [-0.2, 0) is 12.3 Å². The van der Waals surface area contributed by atoms with Crippen LogP contribution in [0.5, 0.6) is 0 Å². The fourth-order valence-corrected chi connectivity index (χ4v) is 4.22. The van der Waals surface area contributed by atoms with E-state index >= 15 is 0 Å². The third kappa shape index (κ3) is 4.87. The van der Waals surface area contributed by atoms with Gasteiger partial charge in [0.2, 0.25) is 0 Å². The molecule has 0 radical (unpaired) electrons. The molecule has 0 aliphatic carbocycles. The maximum absolute atomic E-state index is 12.7. The zero-order valence-electron chi connectivity index (χ0n) is 15.5. The zero-order chi connectivity index (χ0) is 20.1. The van der Waals surface area contributed by atoms with E-state index in [-0.39, 0.29) is 5.91 Å². The van der Waals surface area contributed by atoms with Gasteiger partial charge in [0.1, 0.15) is 15.8 Å². The predicted octanol–water partition coefficient (Wildman–Crippen LogP) is 4.12. The lowest BCUT2D eigenvalue weighted by molar-refractivity contribution is 0.0947. The first kappa shape index (κ1) is 19.3. The number of pyridine rings is 2. The number of thioether (sulfide) groups is 1. The highest BCUT2D eigenvalue weighted by molar-refractivity contribution is 7.98. The van der Waals surface area contributed by atoms with Crippen molar-refractivity contribution < 1.29 is 9.32 Å². The lowest BCUT2D eigenvalue weighted by Gasteiger charge is -2.07. The largest absolute Gasteiger partial charge is 0.361 e. The van der Waals surface area contributed by atoms with E-state index in [1.54, 1.807) is 30.7 Å². The third-order valence-electron chi connectivity index (χ3n) is 3.98. The highest BCUT2D eigenvalue weighted by Gasteiger charge is 2.14. The van der Waals surface area contributed by atoms with Crippen LogP contribution in [0.4, 0.5) is 0 Å². The molecule has 4 aromatic heterocycles. The van der Waals surface area contributed by atoms with Gasteiger partial charge in [-0.1, -0.05) is 16.9 Å². The molecule has 9 heteroatoms. The molecule has 7 nitrogen and oxygen atoms in total. The summed E-state index contributed by atoms with van der Waals surface area (Å²) in [4.78, 5) is 25.6. The van der Waals surface area contributed by atoms with Gasteiger partial charge in [-0.3, -0.25) is 9.78 Å². The van der Waals surface area contributed by atoms with Crippen molar-refractivity contribution in [3.8, 4) is 11.3 Å². The number of aryl methyl sites for hydroxylation is 1. The molecule has 0 aromatic carbocycles. The Labute approximate surface area is 175 Å². The van der Waals surface area contributed by atoms with E-state index in [0.29, 0.717) is 22.9 Å². The van der Waals surface area contributed by atoms with Crippen molar-refractivity contribution in [1.29, 1.82) is 0 Å². The molecule has 4 heterocycles. The van der Waals surface area contributed by atoms with Gasteiger partial charge in [-0.05, 0) is 31.2 Å². The maximum Gasteiger partial charge on any atom is 0.254 e. The van der Waals surface area contributed by atoms with E-state index in [9.17, 15) is 4.79 Å². The fourth-order valence-electron chi connectivity index (χ4n) is 2.61. The van der Waals surface area contributed by atoms with E-state index in [1.807, 2.05) is 30.5 Å². The summed E-state index contributed by atoms with van der Waals surface area (Å²) in [6.45, 7) is 2.20. The van der Waals surface area contributed by atoms with Crippen LogP contribution in [-0.4, -0.2) is 26.0 Å². The number of carbonyl (C=O) groups excluding carboxylic acids is 1. The molecule has 0 aliphatic rings. The van der Waals surface area contributed by atoms with E-state index < -0.39 is 0 Å². The Balaban J connectivity index is 1.39. The molecule has 0 saturated heterocycles. The van der Waals surface area contributed by atoms with Crippen molar-refractivity contribution in [2.45, 2.75) is 24.2 Å². The monoisotopic (exact) mass is 423 g/mol. The maximum atomic E-state index is 12.7. The third-order valence-corrected chi connectivity index (χ3v) is 5.86. The van der Waals surface area contributed by atoms with Crippen LogP contribution in [0.25, 0.3) is 11.3 Å². The molecule has 146 valence electrons. The van der Waals surface area contributed by atoms with E-state index in [4.69, 9.17) is 4.52 Å². The number of hydrogen-bond donors (Lipinski definition) is 1. The summed E-state index contributed by atoms with van der Waals surface area (Å²) in [5, 5.41) is 10.4. The second kappa shape index (κ2) is 8.97. The molecule has 0 saturated carbocycles. The van der Waals surface area contributed by atoms with Gasteiger partial charge in [0.05, 0.1) is 23.5 Å². The van der Waals surface area contributed by atoms with Gasteiger partial charge in [-0.2, -0.15) is 0 Å². The van der Waals surface area contributed by atoms with Gasteiger partial charge < -0.3 is 9.84 Å². The topological polar surface area (TPSA) is 93.8 Å². The Morgan fingerprint density at radius 1 is 1.24 bits per heavy atom. The Kier molecular flexibility index (Phi) is 5.97. The Morgan fingerprint density at radius 3 is 2.90 bits per heavy atom. The first-order chi connectivity index (χ1) is 14.2. The van der Waals surface area contributed by atoms with Gasteiger partial charge in [0, 0.05) is 41.4 Å². The highest BCUT2D eigenvalue weighted by Crippen LogP contribution is 2.25. The van der Waals surface area contributed by atoms with E-state index in [0.717, 1.165) is 27.7 Å².